The number of esters is 3. The van der Waals surface area contributed by atoms with Crippen molar-refractivity contribution in [2.45, 2.75) is 207 Å². The van der Waals surface area contributed by atoms with E-state index in [2.05, 4.69) is 106 Å². The molecule has 0 rings (SSSR count). The van der Waals surface area contributed by atoms with Gasteiger partial charge in [-0.2, -0.15) is 0 Å². The highest BCUT2D eigenvalue weighted by Gasteiger charge is 2.19. The van der Waals surface area contributed by atoms with Crippen LogP contribution in [0.4, 0.5) is 0 Å². The van der Waals surface area contributed by atoms with Gasteiger partial charge in [-0.3, -0.25) is 14.4 Å². The zero-order chi connectivity index (χ0) is 50.0. The number of rotatable bonds is 46. The minimum absolute atomic E-state index is 0.129. The zero-order valence-corrected chi connectivity index (χ0v) is 43.8. The van der Waals surface area contributed by atoms with Crippen LogP contribution in [0.5, 0.6) is 0 Å². The first-order valence-electron chi connectivity index (χ1n) is 27.1. The van der Waals surface area contributed by atoms with Gasteiger partial charge in [-0.25, -0.2) is 0 Å². The molecule has 1 atom stereocenters. The van der Waals surface area contributed by atoms with Crippen molar-refractivity contribution >= 4 is 17.9 Å². The van der Waals surface area contributed by atoms with Gasteiger partial charge in [-0.15, -0.1) is 0 Å². The third kappa shape index (κ3) is 53.8. The average Bonchev–Trinajstić information content (AvgIpc) is 3.35. The largest absolute Gasteiger partial charge is 0.462 e. The van der Waals surface area contributed by atoms with Crippen molar-refractivity contribution in [3.8, 4) is 0 Å². The van der Waals surface area contributed by atoms with Gasteiger partial charge in [0.25, 0.3) is 0 Å². The maximum Gasteiger partial charge on any atom is 0.306 e. The molecular formula is C63H96O6. The summed E-state index contributed by atoms with van der Waals surface area (Å²) in [5, 5.41) is 0. The molecule has 384 valence electrons. The fourth-order valence-corrected chi connectivity index (χ4v) is 6.64. The lowest BCUT2D eigenvalue weighted by atomic mass is 10.1. The lowest BCUT2D eigenvalue weighted by Gasteiger charge is -2.18. The van der Waals surface area contributed by atoms with Crippen molar-refractivity contribution in [3.05, 3.63) is 158 Å². The van der Waals surface area contributed by atoms with Crippen molar-refractivity contribution in [2.24, 2.45) is 0 Å². The summed E-state index contributed by atoms with van der Waals surface area (Å²) in [5.41, 5.74) is 0. The molecule has 0 aromatic heterocycles. The molecule has 1 unspecified atom stereocenters. The van der Waals surface area contributed by atoms with Gasteiger partial charge in [0, 0.05) is 19.3 Å². The zero-order valence-electron chi connectivity index (χ0n) is 43.8. The highest BCUT2D eigenvalue weighted by molar-refractivity contribution is 5.71. The summed E-state index contributed by atoms with van der Waals surface area (Å²) in [7, 11) is 0. The molecule has 0 aliphatic rings. The van der Waals surface area contributed by atoms with E-state index in [1.807, 2.05) is 72.9 Å². The standard InChI is InChI=1S/C63H96O6/c1-4-7-10-13-16-19-22-25-28-30-31-33-35-38-41-44-47-50-53-56-62(65)68-59-60(58-67-61(64)55-52-49-46-43-40-37-34-27-24-21-18-15-12-9-6-3)69-63(66)57-54-51-48-45-42-39-36-32-29-26-23-20-17-14-11-8-5-2/h7,10,13,16-22,24-31,33,35-36,38-39,41,45,48,60H,4-6,8-9,11-12,14-15,23,32,34,37,40,42-44,46-47,49-59H2,1-3H3/b10-7-,16-13-,20-17-,21-18-,22-19-,27-24-,28-25-,29-26-,31-30+,35-33-,39-36-,41-38-,48-45-. The summed E-state index contributed by atoms with van der Waals surface area (Å²) in [5.74, 6) is -1.05. The summed E-state index contributed by atoms with van der Waals surface area (Å²) in [6.07, 6.45) is 80.8. The molecule has 6 heteroatoms. The molecule has 0 N–H and O–H groups in total. The second-order valence-electron chi connectivity index (χ2n) is 17.3. The first-order valence-corrected chi connectivity index (χ1v) is 27.1. The van der Waals surface area contributed by atoms with Crippen LogP contribution >= 0.6 is 0 Å². The van der Waals surface area contributed by atoms with Crippen molar-refractivity contribution in [1.82, 2.24) is 0 Å². The van der Waals surface area contributed by atoms with Gasteiger partial charge < -0.3 is 14.2 Å². The van der Waals surface area contributed by atoms with E-state index in [1.54, 1.807) is 0 Å². The monoisotopic (exact) mass is 949 g/mol. The second-order valence-corrected chi connectivity index (χ2v) is 17.3. The van der Waals surface area contributed by atoms with Crippen LogP contribution in [0.3, 0.4) is 0 Å². The van der Waals surface area contributed by atoms with Crippen molar-refractivity contribution < 1.29 is 28.6 Å². The van der Waals surface area contributed by atoms with Crippen LogP contribution in [-0.2, 0) is 28.6 Å². The second kappa shape index (κ2) is 55.6. The Kier molecular flexibility index (Phi) is 51.6. The summed E-state index contributed by atoms with van der Waals surface area (Å²) < 4.78 is 16.7. The Bertz CT molecular complexity index is 1610. The molecule has 6 nitrogen and oxygen atoms in total. The van der Waals surface area contributed by atoms with Crippen molar-refractivity contribution in [2.75, 3.05) is 13.2 Å². The third-order valence-electron chi connectivity index (χ3n) is 10.7. The first-order chi connectivity index (χ1) is 34.0. The molecule has 0 heterocycles. The van der Waals surface area contributed by atoms with Gasteiger partial charge >= 0.3 is 17.9 Å². The quantitative estimate of drug-likeness (QED) is 0.0199. The highest BCUT2D eigenvalue weighted by Crippen LogP contribution is 2.12. The maximum atomic E-state index is 12.8. The number of unbranched alkanes of at least 4 members (excludes halogenated alkanes) is 16. The van der Waals surface area contributed by atoms with Crippen LogP contribution in [0.2, 0.25) is 0 Å². The van der Waals surface area contributed by atoms with Crippen LogP contribution in [0.25, 0.3) is 0 Å². The Morgan fingerprint density at radius 3 is 1.09 bits per heavy atom. The SMILES string of the molecule is CC\C=C/C=C\C=C/C=C\C=C\C=C/C=C\CCCCCC(=O)OCC(COC(=O)CCCCCCCC/C=C\C=C/CCCCC)OC(=O)CCC/C=C\C/C=C\C/C=C\C/C=C\CCCCC. The van der Waals surface area contributed by atoms with Gasteiger partial charge in [0.05, 0.1) is 0 Å². The number of ether oxygens (including phenoxy) is 3. The molecular weight excluding hydrogens is 853 g/mol. The Labute approximate surface area is 422 Å². The number of carbonyl (C=O) groups is 3. The minimum atomic E-state index is -0.839. The van der Waals surface area contributed by atoms with Gasteiger partial charge in [-0.1, -0.05) is 237 Å². The summed E-state index contributed by atoms with van der Waals surface area (Å²) in [6, 6.07) is 0. The van der Waals surface area contributed by atoms with E-state index in [-0.39, 0.29) is 44.0 Å². The fraction of sp³-hybridized carbons (Fsp3) is 0.540. The number of hydrogen-bond donors (Lipinski definition) is 0. The minimum Gasteiger partial charge on any atom is -0.462 e. The Hall–Kier alpha value is -4.97. The van der Waals surface area contributed by atoms with Gasteiger partial charge in [0.15, 0.2) is 6.10 Å². The molecule has 0 aliphatic heterocycles. The topological polar surface area (TPSA) is 78.9 Å². The molecule has 0 aromatic rings. The summed E-state index contributed by atoms with van der Waals surface area (Å²) in [6.45, 7) is 6.31. The van der Waals surface area contributed by atoms with Crippen LogP contribution in [0, 0.1) is 0 Å². The normalized spacial score (nSPS) is 13.4. The molecule has 0 aromatic carbocycles. The lowest BCUT2D eigenvalue weighted by molar-refractivity contribution is -0.167. The molecule has 0 saturated carbocycles. The molecule has 69 heavy (non-hydrogen) atoms. The van der Waals surface area contributed by atoms with Crippen LogP contribution in [0.1, 0.15) is 201 Å². The van der Waals surface area contributed by atoms with E-state index in [9.17, 15) is 14.4 Å². The highest BCUT2D eigenvalue weighted by atomic mass is 16.6. The smallest absolute Gasteiger partial charge is 0.306 e. The van der Waals surface area contributed by atoms with Crippen LogP contribution in [0.15, 0.2) is 158 Å². The molecule has 0 radical (unpaired) electrons. The van der Waals surface area contributed by atoms with E-state index in [0.29, 0.717) is 19.3 Å². The van der Waals surface area contributed by atoms with E-state index >= 15 is 0 Å². The summed E-state index contributed by atoms with van der Waals surface area (Å²) >= 11 is 0. The van der Waals surface area contributed by atoms with Crippen molar-refractivity contribution in [3.63, 3.8) is 0 Å². The summed E-state index contributed by atoms with van der Waals surface area (Å²) in [4.78, 5) is 38.1. The van der Waals surface area contributed by atoms with Crippen molar-refractivity contribution in [1.29, 1.82) is 0 Å². The third-order valence-corrected chi connectivity index (χ3v) is 10.7. The van der Waals surface area contributed by atoms with E-state index in [0.717, 1.165) is 89.9 Å². The number of allylic oxidation sites excluding steroid dienone is 26. The van der Waals surface area contributed by atoms with Crippen LogP contribution in [-0.4, -0.2) is 37.2 Å². The van der Waals surface area contributed by atoms with Crippen LogP contribution < -0.4 is 0 Å². The Morgan fingerprint density at radius 1 is 0.319 bits per heavy atom. The first kappa shape index (κ1) is 64.0. The molecule has 0 saturated heterocycles. The van der Waals surface area contributed by atoms with Gasteiger partial charge in [0.1, 0.15) is 13.2 Å². The van der Waals surface area contributed by atoms with E-state index in [1.165, 1.54) is 57.8 Å². The maximum absolute atomic E-state index is 12.8. The fourth-order valence-electron chi connectivity index (χ4n) is 6.64. The average molecular weight is 949 g/mol. The van der Waals surface area contributed by atoms with Gasteiger partial charge in [-0.05, 0) is 103 Å². The number of carbonyl (C=O) groups excluding carboxylic acids is 3. The molecule has 0 aliphatic carbocycles. The molecule has 0 spiro atoms. The molecule has 0 fully saturated rings. The Morgan fingerprint density at radius 2 is 0.638 bits per heavy atom. The Balaban J connectivity index is 4.64. The predicted octanol–water partition coefficient (Wildman–Crippen LogP) is 18.2. The van der Waals surface area contributed by atoms with E-state index < -0.39 is 6.10 Å². The molecule has 0 bridgehead atoms. The molecule has 0 amide bonds. The predicted molar refractivity (Wildman–Crippen MR) is 297 cm³/mol. The number of hydrogen-bond acceptors (Lipinski definition) is 6. The lowest BCUT2D eigenvalue weighted by Crippen LogP contribution is -2.30. The van der Waals surface area contributed by atoms with Gasteiger partial charge in [0.2, 0.25) is 0 Å². The van der Waals surface area contributed by atoms with E-state index in [4.69, 9.17) is 14.2 Å².